The molecule has 0 saturated carbocycles. The van der Waals surface area contributed by atoms with Crippen molar-refractivity contribution in [3.63, 3.8) is 0 Å². The van der Waals surface area contributed by atoms with Gasteiger partial charge in [-0.1, -0.05) is 20.3 Å². The van der Waals surface area contributed by atoms with Gasteiger partial charge in [0, 0.05) is 0 Å². The largest absolute Gasteiger partial charge is 0.481 e. The second-order valence-electron chi connectivity index (χ2n) is 3.89. The molecule has 90 valence electrons. The average Bonchev–Trinajstić information content (AvgIpc) is 2.03. The minimum atomic E-state index is -1.58. The van der Waals surface area contributed by atoms with E-state index >= 15 is 0 Å². The molecule has 0 amide bonds. The van der Waals surface area contributed by atoms with Crippen molar-refractivity contribution < 1.29 is 24.9 Å². The third kappa shape index (κ3) is 10.8. The zero-order chi connectivity index (χ0) is 12.6. The van der Waals surface area contributed by atoms with Crippen LogP contribution in [-0.4, -0.2) is 32.9 Å². The van der Waals surface area contributed by atoms with Crippen molar-refractivity contribution >= 4 is 11.9 Å². The molecule has 1 unspecified atom stereocenters. The zero-order valence-electron chi connectivity index (χ0n) is 9.65. The standard InChI is InChI=1S/C6H12O2.C4H8O3/c1-3-4-5(2)6(7)8;1-4(2,7)3(5)6/h5H,3-4H2,1-2H3,(H,7,8);7H,1-2H3,(H,5,6). The van der Waals surface area contributed by atoms with Crippen LogP contribution in [0.15, 0.2) is 0 Å². The molecule has 0 spiro atoms. The van der Waals surface area contributed by atoms with Crippen molar-refractivity contribution in [3.8, 4) is 0 Å². The molecule has 15 heavy (non-hydrogen) atoms. The fraction of sp³-hybridized carbons (Fsp3) is 0.800. The molecule has 3 N–H and O–H groups in total. The Labute approximate surface area is 89.7 Å². The Balaban J connectivity index is 0. The maximum Gasteiger partial charge on any atom is 0.335 e. The molecule has 0 aromatic rings. The third-order valence-electron chi connectivity index (χ3n) is 1.67. The van der Waals surface area contributed by atoms with Crippen LogP contribution in [0.5, 0.6) is 0 Å². The fourth-order valence-corrected chi connectivity index (χ4v) is 0.556. The normalized spacial score (nSPS) is 12.3. The number of hydrogen-bond donors (Lipinski definition) is 3. The fourth-order valence-electron chi connectivity index (χ4n) is 0.556. The second-order valence-corrected chi connectivity index (χ2v) is 3.89. The summed E-state index contributed by atoms with van der Waals surface area (Å²) in [5.41, 5.74) is -1.58. The van der Waals surface area contributed by atoms with Crippen molar-refractivity contribution in [2.24, 2.45) is 5.92 Å². The summed E-state index contributed by atoms with van der Waals surface area (Å²) in [5, 5.41) is 24.8. The molecule has 0 bridgehead atoms. The van der Waals surface area contributed by atoms with Gasteiger partial charge in [-0.15, -0.1) is 0 Å². The lowest BCUT2D eigenvalue weighted by molar-refractivity contribution is -0.154. The topological polar surface area (TPSA) is 94.8 Å². The van der Waals surface area contributed by atoms with Crippen molar-refractivity contribution in [2.45, 2.75) is 46.1 Å². The molecule has 0 aliphatic rings. The maximum atomic E-state index is 10.1. The molecular formula is C10H20O5. The van der Waals surface area contributed by atoms with E-state index < -0.39 is 17.5 Å². The van der Waals surface area contributed by atoms with E-state index in [1.807, 2.05) is 6.92 Å². The van der Waals surface area contributed by atoms with Gasteiger partial charge >= 0.3 is 11.9 Å². The van der Waals surface area contributed by atoms with Gasteiger partial charge in [0.1, 0.15) is 0 Å². The predicted molar refractivity (Wildman–Crippen MR) is 55.6 cm³/mol. The third-order valence-corrected chi connectivity index (χ3v) is 1.67. The van der Waals surface area contributed by atoms with E-state index in [0.29, 0.717) is 0 Å². The first-order valence-electron chi connectivity index (χ1n) is 4.81. The minimum absolute atomic E-state index is 0.167. The number of carboxylic acid groups (broad SMARTS) is 2. The van der Waals surface area contributed by atoms with Crippen LogP contribution in [0.2, 0.25) is 0 Å². The van der Waals surface area contributed by atoms with E-state index in [0.717, 1.165) is 12.8 Å². The minimum Gasteiger partial charge on any atom is -0.481 e. The van der Waals surface area contributed by atoms with Crippen molar-refractivity contribution in [1.82, 2.24) is 0 Å². The van der Waals surface area contributed by atoms with E-state index in [9.17, 15) is 9.59 Å². The Morgan fingerprint density at radius 3 is 1.67 bits per heavy atom. The Kier molecular flexibility index (Phi) is 7.87. The molecule has 0 rings (SSSR count). The Morgan fingerprint density at radius 2 is 1.60 bits per heavy atom. The zero-order valence-corrected chi connectivity index (χ0v) is 9.65. The molecule has 0 fully saturated rings. The molecule has 1 atom stereocenters. The van der Waals surface area contributed by atoms with E-state index in [4.69, 9.17) is 15.3 Å². The molecule has 0 aromatic heterocycles. The number of hydrogen-bond acceptors (Lipinski definition) is 3. The van der Waals surface area contributed by atoms with Crippen LogP contribution < -0.4 is 0 Å². The van der Waals surface area contributed by atoms with Crippen LogP contribution >= 0.6 is 0 Å². The van der Waals surface area contributed by atoms with Crippen molar-refractivity contribution in [3.05, 3.63) is 0 Å². The van der Waals surface area contributed by atoms with Gasteiger partial charge in [-0.05, 0) is 20.3 Å². The van der Waals surface area contributed by atoms with Gasteiger partial charge in [-0.2, -0.15) is 0 Å². The van der Waals surface area contributed by atoms with Crippen LogP contribution in [0.4, 0.5) is 0 Å². The molecule has 0 aromatic carbocycles. The quantitative estimate of drug-likeness (QED) is 0.664. The number of carbonyl (C=O) groups is 2. The molecule has 5 heteroatoms. The average molecular weight is 220 g/mol. The maximum absolute atomic E-state index is 10.1. The van der Waals surface area contributed by atoms with Gasteiger partial charge in [-0.3, -0.25) is 4.79 Å². The monoisotopic (exact) mass is 220 g/mol. The Morgan fingerprint density at radius 1 is 1.27 bits per heavy atom. The van der Waals surface area contributed by atoms with Crippen LogP contribution in [-0.2, 0) is 9.59 Å². The summed E-state index contributed by atoms with van der Waals surface area (Å²) in [6, 6.07) is 0. The predicted octanol–water partition coefficient (Wildman–Crippen LogP) is 1.35. The van der Waals surface area contributed by atoms with E-state index in [1.54, 1.807) is 6.92 Å². The number of carboxylic acids is 2. The molecular weight excluding hydrogens is 200 g/mol. The van der Waals surface area contributed by atoms with Crippen LogP contribution in [0.1, 0.15) is 40.5 Å². The molecule has 0 heterocycles. The highest BCUT2D eigenvalue weighted by Crippen LogP contribution is 2.03. The van der Waals surface area contributed by atoms with E-state index in [-0.39, 0.29) is 5.92 Å². The number of aliphatic hydroxyl groups is 1. The summed E-state index contributed by atoms with van der Waals surface area (Å²) in [6.45, 7) is 6.15. The lowest BCUT2D eigenvalue weighted by Crippen LogP contribution is -2.30. The smallest absolute Gasteiger partial charge is 0.335 e. The highest BCUT2D eigenvalue weighted by atomic mass is 16.4. The SMILES string of the molecule is CC(C)(O)C(=O)O.CCCC(C)C(=O)O. The summed E-state index contributed by atoms with van der Waals surface area (Å²) in [6.07, 6.45) is 1.74. The summed E-state index contributed by atoms with van der Waals surface area (Å²) in [5.74, 6) is -2.06. The first-order valence-corrected chi connectivity index (χ1v) is 4.81. The van der Waals surface area contributed by atoms with Gasteiger partial charge in [0.2, 0.25) is 0 Å². The summed E-state index contributed by atoms with van der Waals surface area (Å²) in [7, 11) is 0. The molecule has 0 saturated heterocycles. The lowest BCUT2D eigenvalue weighted by atomic mass is 10.1. The van der Waals surface area contributed by atoms with Crippen LogP contribution in [0.3, 0.4) is 0 Å². The highest BCUT2D eigenvalue weighted by molar-refractivity contribution is 5.75. The highest BCUT2D eigenvalue weighted by Gasteiger charge is 2.21. The number of aliphatic carboxylic acids is 2. The van der Waals surface area contributed by atoms with Gasteiger partial charge in [0.05, 0.1) is 5.92 Å². The van der Waals surface area contributed by atoms with Gasteiger partial charge in [-0.25, -0.2) is 4.79 Å². The van der Waals surface area contributed by atoms with E-state index in [1.165, 1.54) is 13.8 Å². The molecule has 0 aliphatic heterocycles. The number of rotatable bonds is 4. The summed E-state index contributed by atoms with van der Waals surface area (Å²) < 4.78 is 0. The first-order chi connectivity index (χ1) is 6.62. The first kappa shape index (κ1) is 16.3. The van der Waals surface area contributed by atoms with Crippen molar-refractivity contribution in [1.29, 1.82) is 0 Å². The molecule has 5 nitrogen and oxygen atoms in total. The van der Waals surface area contributed by atoms with Gasteiger partial charge in [0.15, 0.2) is 5.60 Å². The second kappa shape index (κ2) is 7.23. The lowest BCUT2D eigenvalue weighted by Gasteiger charge is -2.07. The Hall–Kier alpha value is -1.10. The van der Waals surface area contributed by atoms with Crippen molar-refractivity contribution in [2.75, 3.05) is 0 Å². The molecule has 0 aliphatic carbocycles. The summed E-state index contributed by atoms with van der Waals surface area (Å²) in [4.78, 5) is 19.9. The summed E-state index contributed by atoms with van der Waals surface area (Å²) >= 11 is 0. The molecule has 0 radical (unpaired) electrons. The van der Waals surface area contributed by atoms with Gasteiger partial charge < -0.3 is 15.3 Å². The Bertz CT molecular complexity index is 204. The van der Waals surface area contributed by atoms with E-state index in [2.05, 4.69) is 0 Å². The van der Waals surface area contributed by atoms with Crippen LogP contribution in [0.25, 0.3) is 0 Å². The van der Waals surface area contributed by atoms with Crippen LogP contribution in [0, 0.1) is 5.92 Å². The van der Waals surface area contributed by atoms with Gasteiger partial charge in [0.25, 0.3) is 0 Å².